The lowest BCUT2D eigenvalue weighted by Crippen LogP contribution is -2.67. The van der Waals surface area contributed by atoms with Crippen LogP contribution in [0.5, 0.6) is 0 Å². The van der Waals surface area contributed by atoms with Gasteiger partial charge < -0.3 is 39.8 Å². The van der Waals surface area contributed by atoms with Crippen LogP contribution in [0.4, 0.5) is 105 Å². The van der Waals surface area contributed by atoms with Gasteiger partial charge in [0.2, 0.25) is 0 Å². The second-order valence-electron chi connectivity index (χ2n) is 16.4. The van der Waals surface area contributed by atoms with E-state index in [4.69, 9.17) is 4.74 Å². The van der Waals surface area contributed by atoms with E-state index >= 15 is 0 Å². The van der Waals surface area contributed by atoms with Gasteiger partial charge in [-0.15, -0.1) is 0 Å². The molecule has 4 unspecified atom stereocenters. The van der Waals surface area contributed by atoms with Crippen LogP contribution in [0.2, 0.25) is 0 Å². The summed E-state index contributed by atoms with van der Waals surface area (Å²) in [6.07, 6.45) is -68.1. The monoisotopic (exact) mass is 1080 g/mol. The fraction of sp³-hybridized carbons (Fsp3) is 0.886. The molecule has 2 aliphatic carbocycles. The lowest BCUT2D eigenvalue weighted by atomic mass is 9.65. The Balaban J connectivity index is 0.00000131. The molecule has 2 saturated carbocycles. The maximum atomic E-state index is 13.4. The number of ether oxygens (including phenoxy) is 2. The van der Waals surface area contributed by atoms with Crippen LogP contribution in [0.25, 0.3) is 0 Å². The summed E-state index contributed by atoms with van der Waals surface area (Å²) in [5.41, 5.74) is -24.9. The molecule has 68 heavy (non-hydrogen) atoms. The highest BCUT2D eigenvalue weighted by Gasteiger charge is 2.80. The molecule has 0 bridgehead atoms. The number of esters is 2. The number of rotatable bonds is 10. The van der Waals surface area contributed by atoms with E-state index in [-0.39, 0.29) is 22.7 Å². The van der Waals surface area contributed by atoms with E-state index in [0.717, 1.165) is 6.92 Å². The maximum absolute atomic E-state index is 13.4. The summed E-state index contributed by atoms with van der Waals surface area (Å²) in [5.74, 6) is -16.3. The number of aliphatic hydroxyl groups is 4. The summed E-state index contributed by atoms with van der Waals surface area (Å²) in [4.78, 5) is 24.0. The number of carbonyl (C=O) groups is 2. The normalized spacial score (nSPS) is 23.7. The third kappa shape index (κ3) is 12.3. The second-order valence-corrected chi connectivity index (χ2v) is 16.4. The van der Waals surface area contributed by atoms with Crippen molar-refractivity contribution in [2.24, 2.45) is 29.1 Å². The first-order valence-electron chi connectivity index (χ1n) is 18.7. The minimum absolute atomic E-state index is 0. The topological polar surface area (TPSA) is 134 Å². The highest BCUT2D eigenvalue weighted by Crippen LogP contribution is 2.60. The largest absolute Gasteiger partial charge is 3.00 e. The number of alkyl halides is 24. The molecule has 0 radical (unpaired) electrons. The maximum Gasteiger partial charge on any atom is 0.426 e. The van der Waals surface area contributed by atoms with Gasteiger partial charge in [0, 0.05) is 29.2 Å². The van der Waals surface area contributed by atoms with Crippen LogP contribution < -0.4 is 0 Å². The Morgan fingerprint density at radius 1 is 0.441 bits per heavy atom. The zero-order chi connectivity index (χ0) is 53.8. The highest BCUT2D eigenvalue weighted by molar-refractivity contribution is 6.92. The second kappa shape index (κ2) is 20.4. The van der Waals surface area contributed by atoms with E-state index in [1.807, 2.05) is 0 Å². The number of halogens is 24. The van der Waals surface area contributed by atoms with Gasteiger partial charge in [-0.2, -0.15) is 105 Å². The Morgan fingerprint density at radius 2 is 0.632 bits per heavy atom. The Labute approximate surface area is 371 Å². The summed E-state index contributed by atoms with van der Waals surface area (Å²) in [7, 11) is 0. The van der Waals surface area contributed by atoms with E-state index in [2.05, 4.69) is 11.3 Å². The van der Waals surface area contributed by atoms with Gasteiger partial charge in [0.15, 0.2) is 0 Å². The van der Waals surface area contributed by atoms with Crippen molar-refractivity contribution >= 4 is 21.8 Å². The molecule has 0 aliphatic heterocycles. The summed E-state index contributed by atoms with van der Waals surface area (Å²) in [5, 5.41) is 38.3. The molecule has 0 amide bonds. The molecular weight excluding hydrogens is 1040 g/mol. The Hall–Kier alpha value is -2.73. The molecule has 0 aromatic rings. The minimum Gasteiger partial charge on any atom is -3.00 e. The first-order chi connectivity index (χ1) is 29.2. The molecule has 2 rings (SSSR count). The smallest absolute Gasteiger partial charge is 0.426 e. The van der Waals surface area contributed by atoms with Crippen LogP contribution in [0.15, 0.2) is 12.2 Å². The molecule has 2 fully saturated rings. The molecule has 0 aromatic heterocycles. The molecule has 2 aliphatic rings. The van der Waals surface area contributed by atoms with Crippen molar-refractivity contribution < 1.29 is 145 Å². The first-order valence-corrected chi connectivity index (χ1v) is 18.7. The Morgan fingerprint density at radius 3 is 0.794 bits per heavy atom. The van der Waals surface area contributed by atoms with Crippen LogP contribution in [-0.2, 0) is 19.1 Å². The van der Waals surface area contributed by atoms with Gasteiger partial charge in [0.25, 0.3) is 22.4 Å². The van der Waals surface area contributed by atoms with Gasteiger partial charge in [-0.05, 0) is 65.2 Å². The molecule has 0 saturated heterocycles. The van der Waals surface area contributed by atoms with Gasteiger partial charge in [0.1, 0.15) is 12.2 Å². The van der Waals surface area contributed by atoms with Crippen LogP contribution in [0.1, 0.15) is 79.1 Å². The summed E-state index contributed by atoms with van der Waals surface area (Å²) >= 11 is 0. The van der Waals surface area contributed by atoms with E-state index in [1.54, 1.807) is 0 Å². The number of hydrogen-bond donors (Lipinski definition) is 4. The van der Waals surface area contributed by atoms with Crippen molar-refractivity contribution in [1.29, 1.82) is 0 Å². The van der Waals surface area contributed by atoms with Crippen molar-refractivity contribution in [3.63, 3.8) is 0 Å². The van der Waals surface area contributed by atoms with Crippen LogP contribution >= 0.6 is 9.90 Å². The average molecular weight is 1080 g/mol. The van der Waals surface area contributed by atoms with Crippen molar-refractivity contribution in [3.05, 3.63) is 12.2 Å². The predicted octanol–water partition coefficient (Wildman–Crippen LogP) is 11.3. The molecule has 4 N–H and O–H groups in total. The Kier molecular flexibility index (Phi) is 19.6. The van der Waals surface area contributed by atoms with Gasteiger partial charge in [-0.1, -0.05) is 20.4 Å². The number of hydrogen-bond acceptors (Lipinski definition) is 8. The van der Waals surface area contributed by atoms with Crippen LogP contribution in [0.3, 0.4) is 0 Å². The van der Waals surface area contributed by atoms with Crippen molar-refractivity contribution in [2.45, 2.75) is 163 Å². The molecule has 404 valence electrons. The van der Waals surface area contributed by atoms with Crippen LogP contribution in [0, 0.1) is 29.1 Å². The van der Waals surface area contributed by atoms with Crippen molar-refractivity contribution in [1.82, 2.24) is 0 Å². The van der Waals surface area contributed by atoms with Crippen molar-refractivity contribution in [3.8, 4) is 0 Å². The van der Waals surface area contributed by atoms with E-state index < -0.39 is 169 Å². The third-order valence-electron chi connectivity index (χ3n) is 12.1. The minimum atomic E-state index is -6.59. The molecule has 0 heterocycles. The zero-order valence-electron chi connectivity index (χ0n) is 34.8. The van der Waals surface area contributed by atoms with Crippen molar-refractivity contribution in [2.75, 3.05) is 0 Å². The summed E-state index contributed by atoms with van der Waals surface area (Å²) < 4.78 is 328. The fourth-order valence-corrected chi connectivity index (χ4v) is 7.67. The number of carbonyl (C=O) groups excluding carboxylic acids is 2. The van der Waals surface area contributed by atoms with Gasteiger partial charge in [-0.25, -0.2) is 4.79 Å². The lowest BCUT2D eigenvalue weighted by Gasteiger charge is -3.00. The standard InChI is InChI=1S/C19H24F12O4.C16H16F12O4.P/c1-4-13(3,5-2)12(32)35-11-7-9(14(33,16(20,21)22)17(23,24)25)6-10(8-11)15(34,18(26,27)28)19(29,30)31;1-6(2)10(29)32-9-4-7(11(30,13(17,18)19)14(20,21)22)3-8(5-9)12(31,15(23,24)25)16(26,27)28;/h9-11,33-34H,4-8H2,1-3H3;7-9,30-31H,1,3-5H2,2H3;/q;;-3. The predicted molar refractivity (Wildman–Crippen MR) is 180 cm³/mol. The summed E-state index contributed by atoms with van der Waals surface area (Å²) in [6, 6.07) is 0. The first kappa shape index (κ1) is 65.3. The Bertz CT molecular complexity index is 1570. The van der Waals surface area contributed by atoms with E-state index in [1.165, 1.54) is 20.8 Å². The molecule has 8 nitrogen and oxygen atoms in total. The van der Waals surface area contributed by atoms with E-state index in [0.29, 0.717) is 0 Å². The SMILES string of the molecule is C=C(C)C(=O)OC1CC(C(O)(C(F)(F)F)C(F)(F)F)CC(C(O)(C(F)(F)F)C(F)(F)F)C1.CCC(C)(CC)C(=O)OC1CC(C(O)(C(F)(F)F)C(F)(F)F)CC(C(O)(C(F)(F)F)C(F)(F)F)C1.[P-3]. The summed E-state index contributed by atoms with van der Waals surface area (Å²) in [6.45, 7) is 8.09. The van der Waals surface area contributed by atoms with Crippen LogP contribution in [-0.4, -0.2) is 116 Å². The highest BCUT2D eigenvalue weighted by atomic mass is 31.0. The van der Waals surface area contributed by atoms with Gasteiger partial charge in [0.05, 0.1) is 5.41 Å². The lowest BCUT2D eigenvalue weighted by molar-refractivity contribution is -0.406. The molecular formula is C35H40F24O8P-3. The molecule has 0 aromatic carbocycles. The zero-order valence-corrected chi connectivity index (χ0v) is 35.7. The average Bonchev–Trinajstić information content (AvgIpc) is 3.12. The third-order valence-corrected chi connectivity index (χ3v) is 12.1. The molecule has 0 spiro atoms. The van der Waals surface area contributed by atoms with E-state index in [9.17, 15) is 135 Å². The van der Waals surface area contributed by atoms with Gasteiger partial charge >= 0.3 is 61.3 Å². The molecule has 4 atom stereocenters. The quantitative estimate of drug-likeness (QED) is 0.0736. The fourth-order valence-electron chi connectivity index (χ4n) is 7.67. The molecule has 33 heteroatoms. The van der Waals surface area contributed by atoms with Gasteiger partial charge in [-0.3, -0.25) is 4.79 Å².